The van der Waals surface area contributed by atoms with E-state index in [-0.39, 0.29) is 23.8 Å². The summed E-state index contributed by atoms with van der Waals surface area (Å²) in [6.07, 6.45) is -4.15. The number of carbonyl (C=O) groups is 1. The molecule has 0 spiro atoms. The molecule has 35 heavy (non-hydrogen) atoms. The molecule has 1 fully saturated rings. The van der Waals surface area contributed by atoms with Crippen molar-refractivity contribution in [1.82, 2.24) is 19.8 Å². The molecule has 1 saturated heterocycles. The Hall–Kier alpha value is -3.08. The van der Waals surface area contributed by atoms with Gasteiger partial charge in [-0.2, -0.15) is 13.2 Å². The van der Waals surface area contributed by atoms with Gasteiger partial charge in [-0.25, -0.2) is 14.8 Å². The van der Waals surface area contributed by atoms with Crippen molar-refractivity contribution < 1.29 is 22.7 Å². The molecular weight excluding hydrogens is 461 g/mol. The van der Waals surface area contributed by atoms with Crippen LogP contribution >= 0.6 is 0 Å². The van der Waals surface area contributed by atoms with Crippen LogP contribution in [0.25, 0.3) is 0 Å². The number of fused-ring (bicyclic) bond motifs is 3. The van der Waals surface area contributed by atoms with Gasteiger partial charge in [0.25, 0.3) is 0 Å². The molecule has 2 aliphatic heterocycles. The topological polar surface area (TPSA) is 73.8 Å². The van der Waals surface area contributed by atoms with Crippen molar-refractivity contribution >= 4 is 23.4 Å². The number of alkyl halides is 3. The third-order valence-corrected chi connectivity index (χ3v) is 6.01. The summed E-state index contributed by atoms with van der Waals surface area (Å²) in [4.78, 5) is 25.5. The molecule has 1 N–H and O–H groups in total. The molecule has 1 atom stereocenters. The molecule has 3 heterocycles. The Morgan fingerprint density at radius 2 is 1.86 bits per heavy atom. The first kappa shape index (κ1) is 25.0. The first-order chi connectivity index (χ1) is 16.3. The van der Waals surface area contributed by atoms with Crippen molar-refractivity contribution in [3.8, 4) is 0 Å². The van der Waals surface area contributed by atoms with Gasteiger partial charge >= 0.3 is 12.3 Å². The molecule has 1 aromatic carbocycles. The van der Waals surface area contributed by atoms with Crippen molar-refractivity contribution in [2.24, 2.45) is 0 Å². The molecule has 190 valence electrons. The summed E-state index contributed by atoms with van der Waals surface area (Å²) >= 11 is 0. The second-order valence-electron chi connectivity index (χ2n) is 10.1. The number of piperazine rings is 1. The molecule has 11 heteroatoms. The lowest BCUT2D eigenvalue weighted by molar-refractivity contribution is -0.144. The lowest BCUT2D eigenvalue weighted by atomic mass is 9.90. The zero-order valence-electron chi connectivity index (χ0n) is 20.6. The maximum atomic E-state index is 13.3. The van der Waals surface area contributed by atoms with Gasteiger partial charge in [-0.1, -0.05) is 6.07 Å². The standard InChI is InChI=1S/C24H31F3N6O2/c1-23(2,3)35-22(34)33-11-10-32-9-8-15-12-16(6-7-17(15)18(32)14-33)28-19-13-20(31(4)5)30-21(29-19)24(25,26)27/h6-7,12-13,18H,8-11,14H2,1-5H3,(H,28,29,30)/t18-/m0/s1. The molecule has 4 rings (SSSR count). The average Bonchev–Trinajstić information content (AvgIpc) is 2.76. The maximum Gasteiger partial charge on any atom is 0.451 e. The van der Waals surface area contributed by atoms with Crippen LogP contribution in [0.3, 0.4) is 0 Å². The van der Waals surface area contributed by atoms with E-state index in [0.717, 1.165) is 30.6 Å². The summed E-state index contributed by atoms with van der Waals surface area (Å²) in [6.45, 7) is 8.30. The van der Waals surface area contributed by atoms with Crippen molar-refractivity contribution in [2.45, 2.75) is 45.0 Å². The SMILES string of the molecule is CN(C)c1cc(Nc2ccc3c(c2)CCN2CCN(C(=O)OC(C)(C)C)C[C@@H]32)nc(C(F)(F)F)n1. The van der Waals surface area contributed by atoms with Gasteiger partial charge in [-0.05, 0) is 50.5 Å². The Bertz CT molecular complexity index is 1100. The van der Waals surface area contributed by atoms with Crippen molar-refractivity contribution in [3.05, 3.63) is 41.2 Å². The van der Waals surface area contributed by atoms with Crippen LogP contribution in [0, 0.1) is 0 Å². The fourth-order valence-corrected chi connectivity index (χ4v) is 4.37. The first-order valence-corrected chi connectivity index (χ1v) is 11.6. The van der Waals surface area contributed by atoms with E-state index in [2.05, 4.69) is 20.2 Å². The van der Waals surface area contributed by atoms with Gasteiger partial charge in [0, 0.05) is 52.0 Å². The zero-order chi connectivity index (χ0) is 25.5. The van der Waals surface area contributed by atoms with E-state index >= 15 is 0 Å². The summed E-state index contributed by atoms with van der Waals surface area (Å²) in [6, 6.07) is 7.29. The van der Waals surface area contributed by atoms with Gasteiger partial charge in [0.15, 0.2) is 0 Å². The highest BCUT2D eigenvalue weighted by atomic mass is 19.4. The fraction of sp³-hybridized carbons (Fsp3) is 0.542. The number of hydrogen-bond acceptors (Lipinski definition) is 7. The number of ether oxygens (including phenoxy) is 1. The van der Waals surface area contributed by atoms with Gasteiger partial charge < -0.3 is 19.9 Å². The van der Waals surface area contributed by atoms with Crippen LogP contribution in [0.1, 0.15) is 43.8 Å². The highest BCUT2D eigenvalue weighted by Crippen LogP contribution is 2.35. The quantitative estimate of drug-likeness (QED) is 0.678. The second-order valence-corrected chi connectivity index (χ2v) is 10.1. The van der Waals surface area contributed by atoms with E-state index in [4.69, 9.17) is 4.74 Å². The van der Waals surface area contributed by atoms with E-state index < -0.39 is 17.6 Å². The number of benzene rings is 1. The molecule has 0 saturated carbocycles. The summed E-state index contributed by atoms with van der Waals surface area (Å²) in [5, 5.41) is 3.01. The summed E-state index contributed by atoms with van der Waals surface area (Å²) in [5.74, 6) is -0.959. The Morgan fingerprint density at radius 3 is 2.51 bits per heavy atom. The minimum absolute atomic E-state index is 0.0466. The molecule has 0 radical (unpaired) electrons. The first-order valence-electron chi connectivity index (χ1n) is 11.6. The Kier molecular flexibility index (Phi) is 6.56. The van der Waals surface area contributed by atoms with E-state index in [1.54, 1.807) is 19.0 Å². The summed E-state index contributed by atoms with van der Waals surface area (Å²) < 4.78 is 45.5. The van der Waals surface area contributed by atoms with Gasteiger partial charge in [-0.3, -0.25) is 4.90 Å². The largest absolute Gasteiger partial charge is 0.451 e. The van der Waals surface area contributed by atoms with Crippen LogP contribution in [0.5, 0.6) is 0 Å². The predicted molar refractivity (Wildman–Crippen MR) is 127 cm³/mol. The van der Waals surface area contributed by atoms with Gasteiger partial charge in [0.05, 0.1) is 6.04 Å². The highest BCUT2D eigenvalue weighted by Gasteiger charge is 2.37. The number of nitrogens with one attached hydrogen (secondary N) is 1. The Morgan fingerprint density at radius 1 is 1.11 bits per heavy atom. The van der Waals surface area contributed by atoms with Gasteiger partial charge in [0.2, 0.25) is 5.82 Å². The van der Waals surface area contributed by atoms with Crippen LogP contribution < -0.4 is 10.2 Å². The highest BCUT2D eigenvalue weighted by molar-refractivity contribution is 5.68. The molecule has 1 amide bonds. The van der Waals surface area contributed by atoms with Crippen LogP contribution in [0.15, 0.2) is 24.3 Å². The van der Waals surface area contributed by atoms with E-state index in [9.17, 15) is 18.0 Å². The lowest BCUT2D eigenvalue weighted by Gasteiger charge is -2.45. The van der Waals surface area contributed by atoms with Crippen molar-refractivity contribution in [2.75, 3.05) is 50.5 Å². The van der Waals surface area contributed by atoms with E-state index in [0.29, 0.717) is 18.8 Å². The predicted octanol–water partition coefficient (Wildman–Crippen LogP) is 4.45. The number of hydrogen-bond donors (Lipinski definition) is 1. The molecule has 0 unspecified atom stereocenters. The molecule has 1 aromatic heterocycles. The molecular formula is C24H31F3N6O2. The third-order valence-electron chi connectivity index (χ3n) is 6.01. The minimum Gasteiger partial charge on any atom is -0.444 e. The third kappa shape index (κ3) is 5.77. The fourth-order valence-electron chi connectivity index (χ4n) is 4.37. The van der Waals surface area contributed by atoms with Crippen LogP contribution in [-0.2, 0) is 17.3 Å². The minimum atomic E-state index is -4.65. The molecule has 0 bridgehead atoms. The van der Waals surface area contributed by atoms with Gasteiger partial charge in [-0.15, -0.1) is 0 Å². The van der Waals surface area contributed by atoms with E-state index in [1.807, 2.05) is 39.0 Å². The van der Waals surface area contributed by atoms with Gasteiger partial charge in [0.1, 0.15) is 17.2 Å². The molecule has 2 aliphatic rings. The summed E-state index contributed by atoms with van der Waals surface area (Å²) in [5.41, 5.74) is 2.30. The molecule has 8 nitrogen and oxygen atoms in total. The van der Waals surface area contributed by atoms with Crippen LogP contribution in [0.4, 0.5) is 35.3 Å². The maximum absolute atomic E-state index is 13.3. The Labute approximate surface area is 203 Å². The van der Waals surface area contributed by atoms with Crippen molar-refractivity contribution in [3.63, 3.8) is 0 Å². The number of nitrogens with zero attached hydrogens (tertiary/aromatic N) is 5. The van der Waals surface area contributed by atoms with E-state index in [1.165, 1.54) is 11.0 Å². The van der Waals surface area contributed by atoms with Crippen LogP contribution in [0.2, 0.25) is 0 Å². The number of rotatable bonds is 3. The zero-order valence-corrected chi connectivity index (χ0v) is 20.6. The Balaban J connectivity index is 1.55. The second kappa shape index (κ2) is 9.18. The summed E-state index contributed by atoms with van der Waals surface area (Å²) in [7, 11) is 3.25. The van der Waals surface area contributed by atoms with Crippen molar-refractivity contribution in [1.29, 1.82) is 0 Å². The monoisotopic (exact) mass is 492 g/mol. The normalized spacial score (nSPS) is 18.5. The number of halogens is 3. The number of amides is 1. The average molecular weight is 493 g/mol. The smallest absolute Gasteiger partial charge is 0.444 e. The number of anilines is 3. The molecule has 0 aliphatic carbocycles. The molecule has 2 aromatic rings. The van der Waals surface area contributed by atoms with Crippen LogP contribution in [-0.4, -0.2) is 71.7 Å². The lowest BCUT2D eigenvalue weighted by Crippen LogP contribution is -2.53. The number of carbonyl (C=O) groups excluding carboxylic acids is 1. The number of aromatic nitrogens is 2.